The molecule has 2 N–H and O–H groups in total. The Hall–Kier alpha value is -1.67. The number of hydrogen-bond acceptors (Lipinski definition) is 5. The van der Waals surface area contributed by atoms with Gasteiger partial charge in [0.15, 0.2) is 17.3 Å². The Morgan fingerprint density at radius 2 is 2.27 bits per heavy atom. The van der Waals surface area contributed by atoms with Gasteiger partial charge in [-0.1, -0.05) is 6.92 Å². The standard InChI is InChI=1S/C14H17BrN4O2S/c1-3-5-12-17-18-14(22)19(12)16-8-9-6-10(15)13(20)11(7-9)21-4-2/h6-8,20H,3-5H2,1-2H3,(H,18,22)/b16-8+. The van der Waals surface area contributed by atoms with Crippen LogP contribution in [0.4, 0.5) is 0 Å². The van der Waals surface area contributed by atoms with Crippen molar-refractivity contribution < 1.29 is 9.84 Å². The summed E-state index contributed by atoms with van der Waals surface area (Å²) in [6.07, 6.45) is 3.39. The van der Waals surface area contributed by atoms with Gasteiger partial charge in [-0.3, -0.25) is 5.10 Å². The lowest BCUT2D eigenvalue weighted by Crippen LogP contribution is -1.99. The van der Waals surface area contributed by atoms with Crippen LogP contribution >= 0.6 is 28.1 Å². The Labute approximate surface area is 142 Å². The highest BCUT2D eigenvalue weighted by atomic mass is 79.9. The van der Waals surface area contributed by atoms with Crippen molar-refractivity contribution in [1.29, 1.82) is 0 Å². The molecule has 0 saturated heterocycles. The molecule has 1 heterocycles. The van der Waals surface area contributed by atoms with E-state index in [9.17, 15) is 5.11 Å². The van der Waals surface area contributed by atoms with Gasteiger partial charge < -0.3 is 9.84 Å². The molecule has 6 nitrogen and oxygen atoms in total. The quantitative estimate of drug-likeness (QED) is 0.588. The Kier molecular flexibility index (Phi) is 5.73. The van der Waals surface area contributed by atoms with Crippen LogP contribution in [0.1, 0.15) is 31.7 Å². The molecule has 0 spiro atoms. The summed E-state index contributed by atoms with van der Waals surface area (Å²) in [7, 11) is 0. The van der Waals surface area contributed by atoms with E-state index in [1.807, 2.05) is 6.92 Å². The van der Waals surface area contributed by atoms with Crippen LogP contribution in [0, 0.1) is 4.77 Å². The van der Waals surface area contributed by atoms with Gasteiger partial charge in [-0.15, -0.1) is 0 Å². The molecule has 1 aromatic carbocycles. The van der Waals surface area contributed by atoms with E-state index in [0.29, 0.717) is 21.6 Å². The normalized spacial score (nSPS) is 11.2. The summed E-state index contributed by atoms with van der Waals surface area (Å²) in [4.78, 5) is 0. The number of nitrogens with one attached hydrogen (secondary N) is 1. The summed E-state index contributed by atoms with van der Waals surface area (Å²) in [5.41, 5.74) is 0.777. The minimum absolute atomic E-state index is 0.0746. The average molecular weight is 385 g/mol. The number of hydrogen-bond donors (Lipinski definition) is 2. The van der Waals surface area contributed by atoms with Crippen LogP contribution in [0.3, 0.4) is 0 Å². The number of benzene rings is 1. The Morgan fingerprint density at radius 3 is 2.95 bits per heavy atom. The molecule has 118 valence electrons. The van der Waals surface area contributed by atoms with Crippen LogP contribution in [0.2, 0.25) is 0 Å². The lowest BCUT2D eigenvalue weighted by molar-refractivity contribution is 0.317. The monoisotopic (exact) mass is 384 g/mol. The molecule has 0 radical (unpaired) electrons. The van der Waals surface area contributed by atoms with Crippen molar-refractivity contribution in [1.82, 2.24) is 14.9 Å². The maximum atomic E-state index is 9.91. The molecule has 22 heavy (non-hydrogen) atoms. The van der Waals surface area contributed by atoms with Crippen molar-refractivity contribution in [3.8, 4) is 11.5 Å². The predicted molar refractivity (Wildman–Crippen MR) is 91.4 cm³/mol. The zero-order valence-electron chi connectivity index (χ0n) is 12.3. The van der Waals surface area contributed by atoms with Crippen molar-refractivity contribution in [3.05, 3.63) is 32.8 Å². The number of aromatic hydroxyl groups is 1. The van der Waals surface area contributed by atoms with Gasteiger partial charge in [-0.2, -0.15) is 14.9 Å². The molecule has 0 atom stereocenters. The number of aryl methyl sites for hydroxylation is 1. The molecular formula is C14H17BrN4O2S. The number of aromatic nitrogens is 3. The van der Waals surface area contributed by atoms with E-state index in [4.69, 9.17) is 17.0 Å². The van der Waals surface area contributed by atoms with Crippen LogP contribution in [-0.4, -0.2) is 32.8 Å². The molecule has 2 aromatic rings. The summed E-state index contributed by atoms with van der Waals surface area (Å²) in [6.45, 7) is 4.39. The molecule has 0 aliphatic heterocycles. The lowest BCUT2D eigenvalue weighted by atomic mass is 10.2. The number of H-pyrrole nitrogens is 1. The zero-order valence-corrected chi connectivity index (χ0v) is 14.7. The van der Waals surface area contributed by atoms with Crippen molar-refractivity contribution in [2.45, 2.75) is 26.7 Å². The minimum Gasteiger partial charge on any atom is -0.503 e. The van der Waals surface area contributed by atoms with Gasteiger partial charge in [0.2, 0.25) is 4.77 Å². The molecule has 0 unspecified atom stereocenters. The fraction of sp³-hybridized carbons (Fsp3) is 0.357. The number of nitrogens with zero attached hydrogens (tertiary/aromatic N) is 3. The second-order valence-electron chi connectivity index (χ2n) is 4.53. The molecule has 2 rings (SSSR count). The molecule has 1 aromatic heterocycles. The Balaban J connectivity index is 2.34. The van der Waals surface area contributed by atoms with Gasteiger partial charge in [0.25, 0.3) is 0 Å². The first-order chi connectivity index (χ1) is 10.6. The summed E-state index contributed by atoms with van der Waals surface area (Å²) in [5.74, 6) is 1.26. The first-order valence-electron chi connectivity index (χ1n) is 6.92. The fourth-order valence-corrected chi connectivity index (χ4v) is 2.54. The number of ether oxygens (including phenoxy) is 1. The second-order valence-corrected chi connectivity index (χ2v) is 5.77. The van der Waals surface area contributed by atoms with Gasteiger partial charge in [-0.05, 0) is 59.2 Å². The van der Waals surface area contributed by atoms with Crippen molar-refractivity contribution in [2.24, 2.45) is 5.10 Å². The van der Waals surface area contributed by atoms with Crippen molar-refractivity contribution in [3.63, 3.8) is 0 Å². The molecule has 0 saturated carbocycles. The van der Waals surface area contributed by atoms with E-state index >= 15 is 0 Å². The van der Waals surface area contributed by atoms with Crippen molar-refractivity contribution >= 4 is 34.4 Å². The largest absolute Gasteiger partial charge is 0.503 e. The maximum absolute atomic E-state index is 9.91. The fourth-order valence-electron chi connectivity index (χ4n) is 1.89. The number of aromatic amines is 1. The third kappa shape index (κ3) is 3.75. The van der Waals surface area contributed by atoms with Crippen LogP contribution in [0.5, 0.6) is 11.5 Å². The van der Waals surface area contributed by atoms with Crippen molar-refractivity contribution in [2.75, 3.05) is 6.61 Å². The predicted octanol–water partition coefficient (Wildman–Crippen LogP) is 3.64. The van der Waals surface area contributed by atoms with Gasteiger partial charge in [0, 0.05) is 6.42 Å². The van der Waals surface area contributed by atoms with E-state index < -0.39 is 0 Å². The topological polar surface area (TPSA) is 75.4 Å². The third-order valence-corrected chi connectivity index (χ3v) is 3.73. The van der Waals surface area contributed by atoms with E-state index in [1.165, 1.54) is 0 Å². The van der Waals surface area contributed by atoms with Crippen LogP contribution < -0.4 is 4.74 Å². The highest BCUT2D eigenvalue weighted by molar-refractivity contribution is 9.10. The summed E-state index contributed by atoms with van der Waals surface area (Å²) >= 11 is 8.48. The zero-order chi connectivity index (χ0) is 16.1. The highest BCUT2D eigenvalue weighted by Crippen LogP contribution is 2.35. The molecule has 0 bridgehead atoms. The van der Waals surface area contributed by atoms with Crippen LogP contribution in [0.25, 0.3) is 0 Å². The molecule has 0 aliphatic rings. The smallest absolute Gasteiger partial charge is 0.216 e. The number of phenolic OH excluding ortho intramolecular Hbond substituents is 1. The molecular weight excluding hydrogens is 368 g/mol. The first kappa shape index (κ1) is 16.7. The summed E-state index contributed by atoms with van der Waals surface area (Å²) in [5, 5.41) is 21.2. The van der Waals surface area contributed by atoms with Gasteiger partial charge in [0.05, 0.1) is 17.3 Å². The number of halogens is 1. The summed E-state index contributed by atoms with van der Waals surface area (Å²) < 4.78 is 7.98. The number of phenols is 1. The maximum Gasteiger partial charge on any atom is 0.216 e. The van der Waals surface area contributed by atoms with E-state index in [2.05, 4.69) is 38.2 Å². The summed E-state index contributed by atoms with van der Waals surface area (Å²) in [6, 6.07) is 3.47. The van der Waals surface area contributed by atoms with E-state index in [1.54, 1.807) is 23.0 Å². The molecule has 0 aliphatic carbocycles. The SMILES string of the molecule is CCCc1n[nH]c(=S)n1/N=C/c1cc(Br)c(O)c(OCC)c1. The average Bonchev–Trinajstić information content (AvgIpc) is 2.83. The highest BCUT2D eigenvalue weighted by Gasteiger charge is 2.09. The molecule has 0 fully saturated rings. The molecule has 8 heteroatoms. The second kappa shape index (κ2) is 7.55. The first-order valence-corrected chi connectivity index (χ1v) is 8.12. The minimum atomic E-state index is 0.0746. The third-order valence-electron chi connectivity index (χ3n) is 2.86. The van der Waals surface area contributed by atoms with Gasteiger partial charge >= 0.3 is 0 Å². The van der Waals surface area contributed by atoms with Crippen LogP contribution in [0.15, 0.2) is 21.7 Å². The van der Waals surface area contributed by atoms with E-state index in [0.717, 1.165) is 24.2 Å². The van der Waals surface area contributed by atoms with E-state index in [-0.39, 0.29) is 5.75 Å². The Bertz CT molecular complexity index is 739. The number of rotatable bonds is 6. The Morgan fingerprint density at radius 1 is 1.50 bits per heavy atom. The van der Waals surface area contributed by atoms with Gasteiger partial charge in [-0.25, -0.2) is 0 Å². The molecule has 0 amide bonds. The van der Waals surface area contributed by atoms with Crippen LogP contribution in [-0.2, 0) is 6.42 Å². The lowest BCUT2D eigenvalue weighted by Gasteiger charge is -2.08. The van der Waals surface area contributed by atoms with Gasteiger partial charge in [0.1, 0.15) is 0 Å².